The van der Waals surface area contributed by atoms with Crippen LogP contribution >= 0.6 is 0 Å². The highest BCUT2D eigenvalue weighted by Crippen LogP contribution is 2.37. The maximum absolute atomic E-state index is 11.0. The summed E-state index contributed by atoms with van der Waals surface area (Å²) in [5.74, 6) is 0. The summed E-state index contributed by atoms with van der Waals surface area (Å²) in [7, 11) is -2.53. The highest BCUT2D eigenvalue weighted by atomic mass is 32.2. The Morgan fingerprint density at radius 1 is 1.33 bits per heavy atom. The van der Waals surface area contributed by atoms with Crippen LogP contribution < -0.4 is 4.83 Å². The summed E-state index contributed by atoms with van der Waals surface area (Å²) in [5.41, 5.74) is 2.75. The van der Waals surface area contributed by atoms with Crippen molar-refractivity contribution in [2.45, 2.75) is 31.3 Å². The Hall–Kier alpha value is -0.990. The standard InChI is InChI=1S/C14H21N3O3S/c1-16(15-21(18,19)20)12-7-9-17-8-6-11-4-2-3-5-13(11)14(17)10-12/h2-5,12,14-15H,6-10H2,1H3,(H,18,19,20). The van der Waals surface area contributed by atoms with Crippen molar-refractivity contribution in [2.24, 2.45) is 0 Å². The molecule has 0 radical (unpaired) electrons. The number of hydrogen-bond acceptors (Lipinski definition) is 4. The van der Waals surface area contributed by atoms with Crippen molar-refractivity contribution in [1.29, 1.82) is 0 Å². The number of hydrogen-bond donors (Lipinski definition) is 2. The van der Waals surface area contributed by atoms with Gasteiger partial charge in [0.15, 0.2) is 0 Å². The first-order valence-corrected chi connectivity index (χ1v) is 8.67. The second kappa shape index (κ2) is 5.66. The van der Waals surface area contributed by atoms with Gasteiger partial charge in [0.05, 0.1) is 0 Å². The highest BCUT2D eigenvalue weighted by Gasteiger charge is 2.35. The van der Waals surface area contributed by atoms with E-state index in [0.29, 0.717) is 6.04 Å². The fourth-order valence-corrected chi connectivity index (χ4v) is 4.06. The zero-order valence-corrected chi connectivity index (χ0v) is 12.9. The van der Waals surface area contributed by atoms with Gasteiger partial charge >= 0.3 is 10.3 Å². The predicted molar refractivity (Wildman–Crippen MR) is 79.9 cm³/mol. The van der Waals surface area contributed by atoms with Crippen molar-refractivity contribution in [3.8, 4) is 0 Å². The minimum absolute atomic E-state index is 0.0827. The average Bonchev–Trinajstić information content (AvgIpc) is 2.45. The molecule has 1 fully saturated rings. The van der Waals surface area contributed by atoms with Gasteiger partial charge in [0.1, 0.15) is 0 Å². The van der Waals surface area contributed by atoms with E-state index >= 15 is 0 Å². The van der Waals surface area contributed by atoms with Crippen molar-refractivity contribution >= 4 is 10.3 Å². The molecular weight excluding hydrogens is 290 g/mol. The SMILES string of the molecule is CN(NS(=O)(=O)O)C1CCN2CCc3ccccc3C2C1. The summed E-state index contributed by atoms with van der Waals surface area (Å²) < 4.78 is 30.8. The zero-order valence-electron chi connectivity index (χ0n) is 12.1. The molecule has 1 aromatic rings. The van der Waals surface area contributed by atoms with E-state index < -0.39 is 10.3 Å². The Morgan fingerprint density at radius 2 is 2.10 bits per heavy atom. The summed E-state index contributed by atoms with van der Waals surface area (Å²) in [6, 6.07) is 8.90. The van der Waals surface area contributed by atoms with Crippen molar-refractivity contribution < 1.29 is 13.0 Å². The van der Waals surface area contributed by atoms with Crippen LogP contribution in [-0.4, -0.2) is 49.1 Å². The van der Waals surface area contributed by atoms with E-state index in [1.165, 1.54) is 16.1 Å². The molecule has 2 atom stereocenters. The van der Waals surface area contributed by atoms with Gasteiger partial charge in [-0.1, -0.05) is 24.3 Å². The molecule has 2 N–H and O–H groups in total. The van der Waals surface area contributed by atoms with Gasteiger partial charge in [-0.15, -0.1) is 4.83 Å². The van der Waals surface area contributed by atoms with Crippen LogP contribution in [0.3, 0.4) is 0 Å². The van der Waals surface area contributed by atoms with Crippen molar-refractivity contribution in [3.05, 3.63) is 35.4 Å². The van der Waals surface area contributed by atoms with Crippen LogP contribution in [0.4, 0.5) is 0 Å². The molecule has 1 saturated heterocycles. The second-order valence-corrected chi connectivity index (χ2v) is 6.99. The lowest BCUT2D eigenvalue weighted by atomic mass is 9.85. The normalized spacial score (nSPS) is 26.4. The van der Waals surface area contributed by atoms with Crippen LogP contribution in [-0.2, 0) is 16.7 Å². The fourth-order valence-electron chi connectivity index (χ4n) is 3.55. The maximum atomic E-state index is 11.0. The van der Waals surface area contributed by atoms with Gasteiger partial charge in [0.2, 0.25) is 0 Å². The van der Waals surface area contributed by atoms with Gasteiger partial charge in [-0.25, -0.2) is 5.01 Å². The van der Waals surface area contributed by atoms with E-state index in [9.17, 15) is 8.42 Å². The molecule has 2 aliphatic rings. The summed E-state index contributed by atoms with van der Waals surface area (Å²) in [6.45, 7) is 2.00. The summed E-state index contributed by atoms with van der Waals surface area (Å²) in [5, 5.41) is 1.52. The van der Waals surface area contributed by atoms with E-state index in [1.807, 2.05) is 0 Å². The van der Waals surface area contributed by atoms with Crippen LogP contribution in [0.1, 0.15) is 30.0 Å². The monoisotopic (exact) mass is 311 g/mol. The first kappa shape index (κ1) is 14.9. The number of piperidine rings is 1. The Labute approximate surface area is 125 Å². The molecule has 3 rings (SSSR count). The molecular formula is C14H21N3O3S. The van der Waals surface area contributed by atoms with Crippen molar-refractivity contribution in [2.75, 3.05) is 20.1 Å². The zero-order chi connectivity index (χ0) is 15.0. The predicted octanol–water partition coefficient (Wildman–Crippen LogP) is 0.987. The molecule has 1 aromatic carbocycles. The Morgan fingerprint density at radius 3 is 2.86 bits per heavy atom. The smallest absolute Gasteiger partial charge is 0.296 e. The minimum Gasteiger partial charge on any atom is -0.296 e. The van der Waals surface area contributed by atoms with Gasteiger partial charge in [-0.05, 0) is 30.4 Å². The second-order valence-electron chi connectivity index (χ2n) is 5.86. The summed E-state index contributed by atoms with van der Waals surface area (Å²) in [6.07, 6.45) is 2.82. The molecule has 0 aliphatic carbocycles. The molecule has 2 aliphatic heterocycles. The minimum atomic E-state index is -4.20. The number of nitrogens with zero attached hydrogens (tertiary/aromatic N) is 2. The third-order valence-corrected chi connectivity index (χ3v) is 5.09. The van der Waals surface area contributed by atoms with Crippen LogP contribution in [0.25, 0.3) is 0 Å². The van der Waals surface area contributed by atoms with Gasteiger partial charge in [-0.3, -0.25) is 9.45 Å². The molecule has 0 bridgehead atoms. The maximum Gasteiger partial charge on any atom is 0.346 e. The third-order valence-electron chi connectivity index (χ3n) is 4.58. The molecule has 21 heavy (non-hydrogen) atoms. The first-order valence-electron chi connectivity index (χ1n) is 7.23. The van der Waals surface area contributed by atoms with Gasteiger partial charge < -0.3 is 0 Å². The quantitative estimate of drug-likeness (QED) is 0.643. The van der Waals surface area contributed by atoms with E-state index in [1.54, 1.807) is 7.05 Å². The van der Waals surface area contributed by atoms with E-state index in [2.05, 4.69) is 34.0 Å². The van der Waals surface area contributed by atoms with E-state index in [0.717, 1.165) is 32.4 Å². The van der Waals surface area contributed by atoms with Gasteiger partial charge in [0.25, 0.3) is 0 Å². The number of benzene rings is 1. The number of rotatable bonds is 3. The molecule has 0 spiro atoms. The lowest BCUT2D eigenvalue weighted by molar-refractivity contribution is 0.0602. The number of nitrogens with one attached hydrogen (secondary N) is 1. The Balaban J connectivity index is 1.77. The van der Waals surface area contributed by atoms with E-state index in [-0.39, 0.29) is 6.04 Å². The average molecular weight is 311 g/mol. The van der Waals surface area contributed by atoms with Gasteiger partial charge in [-0.2, -0.15) is 8.42 Å². The molecule has 7 heteroatoms. The van der Waals surface area contributed by atoms with Crippen LogP contribution in [0.2, 0.25) is 0 Å². The molecule has 0 amide bonds. The van der Waals surface area contributed by atoms with Gasteiger partial charge in [0, 0.05) is 32.2 Å². The third kappa shape index (κ3) is 3.27. The van der Waals surface area contributed by atoms with Crippen LogP contribution in [0.15, 0.2) is 24.3 Å². The molecule has 0 aromatic heterocycles. The molecule has 0 saturated carbocycles. The highest BCUT2D eigenvalue weighted by molar-refractivity contribution is 7.83. The summed E-state index contributed by atoms with van der Waals surface area (Å²) in [4.78, 5) is 4.62. The summed E-state index contributed by atoms with van der Waals surface area (Å²) >= 11 is 0. The lowest BCUT2D eigenvalue weighted by Crippen LogP contribution is -2.52. The van der Waals surface area contributed by atoms with E-state index in [4.69, 9.17) is 4.55 Å². The Bertz CT molecular complexity index is 620. The number of fused-ring (bicyclic) bond motifs is 3. The molecule has 116 valence electrons. The molecule has 6 nitrogen and oxygen atoms in total. The van der Waals surface area contributed by atoms with Crippen LogP contribution in [0.5, 0.6) is 0 Å². The largest absolute Gasteiger partial charge is 0.346 e. The number of hydrazine groups is 1. The topological polar surface area (TPSA) is 72.9 Å². The molecule has 2 unspecified atom stereocenters. The molecule has 2 heterocycles. The van der Waals surface area contributed by atoms with Crippen molar-refractivity contribution in [3.63, 3.8) is 0 Å². The van der Waals surface area contributed by atoms with Crippen LogP contribution in [0, 0.1) is 0 Å². The lowest BCUT2D eigenvalue weighted by Gasteiger charge is -2.45. The Kier molecular flexibility index (Phi) is 4.02. The first-order chi connectivity index (χ1) is 9.94. The van der Waals surface area contributed by atoms with Crippen molar-refractivity contribution in [1.82, 2.24) is 14.7 Å². The fraction of sp³-hybridized carbons (Fsp3) is 0.571.